The van der Waals surface area contributed by atoms with Gasteiger partial charge in [-0.3, -0.25) is 4.99 Å². The Bertz CT molecular complexity index is 934. The summed E-state index contributed by atoms with van der Waals surface area (Å²) in [6.07, 6.45) is 1.35. The SMILES string of the molecule is C=N/C=C(/Cl)C(=Nc1ccccc1C(=O)O)Nc1ccc(N2CCNCC2)cc1. The predicted molar refractivity (Wildman–Crippen MR) is 119 cm³/mol. The molecule has 1 saturated heterocycles. The van der Waals surface area contributed by atoms with E-state index in [1.807, 2.05) is 24.3 Å². The molecule has 0 aliphatic carbocycles. The number of hydrogen-bond acceptors (Lipinski definition) is 5. The van der Waals surface area contributed by atoms with Crippen molar-refractivity contribution in [2.24, 2.45) is 9.98 Å². The second kappa shape index (κ2) is 9.86. The second-order valence-corrected chi connectivity index (χ2v) is 6.76. The van der Waals surface area contributed by atoms with Crippen LogP contribution in [0.1, 0.15) is 10.4 Å². The minimum absolute atomic E-state index is 0.0804. The molecule has 1 aliphatic heterocycles. The first kappa shape index (κ1) is 20.6. The van der Waals surface area contributed by atoms with Crippen LogP contribution in [0, 0.1) is 0 Å². The lowest BCUT2D eigenvalue weighted by molar-refractivity contribution is 0.0698. The third-order valence-corrected chi connectivity index (χ3v) is 4.69. The first-order valence-corrected chi connectivity index (χ1v) is 9.52. The fourth-order valence-electron chi connectivity index (χ4n) is 2.97. The molecular weight excluding hydrogens is 390 g/mol. The minimum Gasteiger partial charge on any atom is -0.478 e. The van der Waals surface area contributed by atoms with Crippen LogP contribution in [-0.4, -0.2) is 49.8 Å². The molecule has 150 valence electrons. The maximum Gasteiger partial charge on any atom is 0.337 e. The molecule has 3 rings (SSSR count). The standard InChI is InChI=1S/C21H22ClN5O2/c1-23-14-18(22)20(26-19-5-3-2-4-17(19)21(28)29)25-15-6-8-16(9-7-15)27-12-10-24-11-13-27/h2-9,14,24H,1,10-13H2,(H,25,26)(H,28,29)/b18-14+. The molecule has 7 nitrogen and oxygen atoms in total. The summed E-state index contributed by atoms with van der Waals surface area (Å²) >= 11 is 6.30. The molecular formula is C21H22ClN5O2. The van der Waals surface area contributed by atoms with E-state index in [1.54, 1.807) is 18.2 Å². The highest BCUT2D eigenvalue weighted by atomic mass is 35.5. The largest absolute Gasteiger partial charge is 0.478 e. The molecule has 2 aromatic carbocycles. The van der Waals surface area contributed by atoms with E-state index >= 15 is 0 Å². The number of piperazine rings is 1. The van der Waals surface area contributed by atoms with Gasteiger partial charge in [0.1, 0.15) is 5.03 Å². The van der Waals surface area contributed by atoms with E-state index in [2.05, 4.69) is 32.2 Å². The number of aliphatic imine (C=N–C) groups is 2. The summed E-state index contributed by atoms with van der Waals surface area (Å²) < 4.78 is 0. The quantitative estimate of drug-likeness (QED) is 0.498. The highest BCUT2D eigenvalue weighted by Gasteiger charge is 2.13. The fraction of sp³-hybridized carbons (Fsp3) is 0.190. The molecule has 0 radical (unpaired) electrons. The average Bonchev–Trinajstić information content (AvgIpc) is 2.75. The molecule has 8 heteroatoms. The van der Waals surface area contributed by atoms with Crippen LogP contribution in [0.15, 0.2) is 69.7 Å². The molecule has 1 aliphatic rings. The van der Waals surface area contributed by atoms with Gasteiger partial charge in [-0.05, 0) is 43.1 Å². The maximum atomic E-state index is 11.5. The Kier molecular flexibility index (Phi) is 6.99. The molecule has 0 saturated carbocycles. The predicted octanol–water partition coefficient (Wildman–Crippen LogP) is 3.72. The van der Waals surface area contributed by atoms with Crippen molar-refractivity contribution >= 4 is 47.2 Å². The monoisotopic (exact) mass is 411 g/mol. The molecule has 2 aromatic rings. The number of benzene rings is 2. The van der Waals surface area contributed by atoms with Crippen molar-refractivity contribution in [1.29, 1.82) is 0 Å². The van der Waals surface area contributed by atoms with Crippen LogP contribution in [-0.2, 0) is 0 Å². The summed E-state index contributed by atoms with van der Waals surface area (Å²) in [5, 5.41) is 16.1. The van der Waals surface area contributed by atoms with E-state index in [0.29, 0.717) is 0 Å². The van der Waals surface area contributed by atoms with E-state index in [1.165, 1.54) is 12.3 Å². The van der Waals surface area contributed by atoms with Crippen molar-refractivity contribution < 1.29 is 9.90 Å². The lowest BCUT2D eigenvalue weighted by Gasteiger charge is -2.29. The number of para-hydroxylation sites is 1. The summed E-state index contributed by atoms with van der Waals surface area (Å²) in [6.45, 7) is 7.27. The summed E-state index contributed by atoms with van der Waals surface area (Å²) in [6, 6.07) is 14.4. The molecule has 0 unspecified atom stereocenters. The lowest BCUT2D eigenvalue weighted by atomic mass is 10.2. The number of aromatic carboxylic acids is 1. The van der Waals surface area contributed by atoms with Gasteiger partial charge >= 0.3 is 5.97 Å². The number of halogens is 1. The van der Waals surface area contributed by atoms with Gasteiger partial charge in [-0.15, -0.1) is 0 Å². The van der Waals surface area contributed by atoms with Crippen molar-refractivity contribution in [1.82, 2.24) is 5.32 Å². The summed E-state index contributed by atoms with van der Waals surface area (Å²) in [5.41, 5.74) is 2.28. The summed E-state index contributed by atoms with van der Waals surface area (Å²) in [7, 11) is 0. The number of hydrogen-bond donors (Lipinski definition) is 3. The van der Waals surface area contributed by atoms with E-state index in [9.17, 15) is 9.90 Å². The van der Waals surface area contributed by atoms with Gasteiger partial charge in [0.2, 0.25) is 0 Å². The van der Waals surface area contributed by atoms with Gasteiger partial charge in [-0.25, -0.2) is 9.79 Å². The van der Waals surface area contributed by atoms with Crippen LogP contribution in [0.2, 0.25) is 0 Å². The maximum absolute atomic E-state index is 11.5. The van der Waals surface area contributed by atoms with Crippen molar-refractivity contribution in [2.45, 2.75) is 0 Å². The van der Waals surface area contributed by atoms with Gasteiger partial charge < -0.3 is 20.6 Å². The number of carbonyl (C=O) groups is 1. The molecule has 3 N–H and O–H groups in total. The van der Waals surface area contributed by atoms with E-state index in [-0.39, 0.29) is 22.1 Å². The molecule has 0 spiro atoms. The Balaban J connectivity index is 1.87. The Labute approximate surface area is 174 Å². The zero-order chi connectivity index (χ0) is 20.6. The van der Waals surface area contributed by atoms with Gasteiger partial charge in [0.25, 0.3) is 0 Å². The third-order valence-electron chi connectivity index (χ3n) is 4.41. The fourth-order valence-corrected chi connectivity index (χ4v) is 3.13. The third kappa shape index (κ3) is 5.43. The first-order valence-electron chi connectivity index (χ1n) is 9.14. The Morgan fingerprint density at radius 2 is 1.86 bits per heavy atom. The smallest absolute Gasteiger partial charge is 0.337 e. The highest BCUT2D eigenvalue weighted by molar-refractivity contribution is 6.45. The van der Waals surface area contributed by atoms with Crippen LogP contribution < -0.4 is 15.5 Å². The molecule has 0 atom stereocenters. The number of anilines is 2. The highest BCUT2D eigenvalue weighted by Crippen LogP contribution is 2.23. The zero-order valence-corrected chi connectivity index (χ0v) is 16.6. The summed E-state index contributed by atoms with van der Waals surface area (Å²) in [5.74, 6) is -0.784. The van der Waals surface area contributed by atoms with Crippen LogP contribution in [0.5, 0.6) is 0 Å². The van der Waals surface area contributed by atoms with Crippen LogP contribution in [0.3, 0.4) is 0 Å². The topological polar surface area (TPSA) is 89.3 Å². The Morgan fingerprint density at radius 1 is 1.17 bits per heavy atom. The zero-order valence-electron chi connectivity index (χ0n) is 15.8. The van der Waals surface area contributed by atoms with Crippen molar-refractivity contribution in [3.63, 3.8) is 0 Å². The van der Waals surface area contributed by atoms with Crippen molar-refractivity contribution in [3.8, 4) is 0 Å². The van der Waals surface area contributed by atoms with Crippen molar-refractivity contribution in [2.75, 3.05) is 36.4 Å². The van der Waals surface area contributed by atoms with Crippen LogP contribution in [0.4, 0.5) is 17.1 Å². The molecule has 29 heavy (non-hydrogen) atoms. The summed E-state index contributed by atoms with van der Waals surface area (Å²) in [4.78, 5) is 21.9. The van der Waals surface area contributed by atoms with Crippen molar-refractivity contribution in [3.05, 3.63) is 65.3 Å². The molecule has 0 amide bonds. The Morgan fingerprint density at radius 3 is 2.52 bits per heavy atom. The lowest BCUT2D eigenvalue weighted by Crippen LogP contribution is -2.43. The number of carboxylic acids is 1. The van der Waals surface area contributed by atoms with Gasteiger partial charge in [-0.2, -0.15) is 0 Å². The van der Waals surface area contributed by atoms with E-state index in [4.69, 9.17) is 11.6 Å². The number of amidine groups is 1. The Hall–Kier alpha value is -3.16. The van der Waals surface area contributed by atoms with Gasteiger partial charge in [0.05, 0.1) is 11.3 Å². The second-order valence-electron chi connectivity index (χ2n) is 6.35. The van der Waals surface area contributed by atoms with Gasteiger partial charge in [0.15, 0.2) is 5.84 Å². The van der Waals surface area contributed by atoms with E-state index in [0.717, 1.165) is 37.6 Å². The number of carboxylic acid groups (broad SMARTS) is 1. The van der Waals surface area contributed by atoms with E-state index < -0.39 is 5.97 Å². The molecule has 1 fully saturated rings. The van der Waals surface area contributed by atoms with Crippen LogP contribution >= 0.6 is 11.6 Å². The normalized spacial score (nSPS) is 15.1. The molecule has 1 heterocycles. The number of nitrogens with zero attached hydrogens (tertiary/aromatic N) is 3. The average molecular weight is 412 g/mol. The number of rotatable bonds is 6. The minimum atomic E-state index is -1.06. The molecule has 0 aromatic heterocycles. The van der Waals surface area contributed by atoms with Gasteiger partial charge in [-0.1, -0.05) is 23.7 Å². The van der Waals surface area contributed by atoms with Crippen LogP contribution in [0.25, 0.3) is 0 Å². The van der Waals surface area contributed by atoms with Gasteiger partial charge in [0, 0.05) is 43.8 Å². The molecule has 0 bridgehead atoms. The number of nitrogens with one attached hydrogen (secondary N) is 2. The first-order chi connectivity index (χ1) is 14.1.